The van der Waals surface area contributed by atoms with Gasteiger partial charge in [0, 0.05) is 56.4 Å². The maximum atomic E-state index is 12.7. The van der Waals surface area contributed by atoms with Gasteiger partial charge in [-0.05, 0) is 49.9 Å². The van der Waals surface area contributed by atoms with Crippen molar-refractivity contribution in [3.05, 3.63) is 65.1 Å². The predicted molar refractivity (Wildman–Crippen MR) is 159 cm³/mol. The quantitative estimate of drug-likeness (QED) is 0.223. The van der Waals surface area contributed by atoms with Gasteiger partial charge in [-0.2, -0.15) is 0 Å². The van der Waals surface area contributed by atoms with E-state index in [4.69, 9.17) is 25.8 Å². The van der Waals surface area contributed by atoms with E-state index in [1.165, 1.54) is 6.07 Å². The fraction of sp³-hybridized carbons (Fsp3) is 0.321. The summed E-state index contributed by atoms with van der Waals surface area (Å²) in [6.07, 6.45) is 2.58. The van der Waals surface area contributed by atoms with Crippen molar-refractivity contribution in [2.24, 2.45) is 0 Å². The minimum Gasteiger partial charge on any atom is -0.493 e. The van der Waals surface area contributed by atoms with E-state index in [0.29, 0.717) is 45.1 Å². The van der Waals surface area contributed by atoms with Crippen molar-refractivity contribution in [2.45, 2.75) is 10.6 Å². The first-order valence-electron chi connectivity index (χ1n) is 12.9. The van der Waals surface area contributed by atoms with Gasteiger partial charge in [0.25, 0.3) is 10.0 Å². The molecule has 40 heavy (non-hydrogen) atoms. The lowest BCUT2D eigenvalue weighted by Gasteiger charge is -2.32. The summed E-state index contributed by atoms with van der Waals surface area (Å²) in [4.78, 5) is 9.31. The summed E-state index contributed by atoms with van der Waals surface area (Å²) in [5.41, 5.74) is 1.06. The number of pyridine rings is 1. The van der Waals surface area contributed by atoms with Crippen LogP contribution in [0, 0.1) is 0 Å². The fourth-order valence-corrected chi connectivity index (χ4v) is 6.96. The molecule has 9 nitrogen and oxygen atoms in total. The Morgan fingerprint density at radius 1 is 1.02 bits per heavy atom. The second-order valence-corrected chi connectivity index (χ2v) is 13.1. The number of likely N-dealkylation sites (N-methyl/N-ethyl adjacent to an activating group) is 1. The number of hydrogen-bond donors (Lipinski definition) is 1. The standard InChI is InChI=1S/C28H31ClN4O5S2/c1-32-12-14-33(15-13-32)11-4-16-37-26-19-23-22(18-25(26)36-2)24(9-10-30-23)38-21-6-3-5-20(17-21)31-40(34,35)28-8-7-27(29)39-28/h3,5-10,17-19,31H,4,11-16H2,1-2H3. The zero-order valence-electron chi connectivity index (χ0n) is 22.3. The molecule has 2 aromatic carbocycles. The van der Waals surface area contributed by atoms with E-state index in [0.717, 1.165) is 55.9 Å². The summed E-state index contributed by atoms with van der Waals surface area (Å²) in [5, 5.41) is 0.739. The van der Waals surface area contributed by atoms with E-state index in [-0.39, 0.29) is 4.21 Å². The van der Waals surface area contributed by atoms with Crippen LogP contribution in [0.15, 0.2) is 65.0 Å². The molecule has 0 spiro atoms. The SMILES string of the molecule is COc1cc2c(Oc3cccc(NS(=O)(=O)c4ccc(Cl)s4)c3)ccnc2cc1OCCCN1CCN(C)CC1. The number of aromatic nitrogens is 1. The first-order valence-corrected chi connectivity index (χ1v) is 15.5. The highest BCUT2D eigenvalue weighted by Gasteiger charge is 2.18. The van der Waals surface area contributed by atoms with Gasteiger partial charge in [-0.3, -0.25) is 9.71 Å². The molecule has 212 valence electrons. The maximum Gasteiger partial charge on any atom is 0.271 e. The lowest BCUT2D eigenvalue weighted by atomic mass is 10.1. The number of anilines is 1. The molecule has 1 N–H and O–H groups in total. The number of ether oxygens (including phenoxy) is 3. The van der Waals surface area contributed by atoms with E-state index in [1.54, 1.807) is 49.7 Å². The Balaban J connectivity index is 1.28. The number of nitrogens with zero attached hydrogens (tertiary/aromatic N) is 3. The zero-order chi connectivity index (χ0) is 28.1. The third kappa shape index (κ3) is 6.97. The molecule has 5 rings (SSSR count). The predicted octanol–water partition coefficient (Wildman–Crippen LogP) is 5.57. The maximum absolute atomic E-state index is 12.7. The van der Waals surface area contributed by atoms with Crippen molar-refractivity contribution < 1.29 is 22.6 Å². The van der Waals surface area contributed by atoms with E-state index in [2.05, 4.69) is 26.6 Å². The van der Waals surface area contributed by atoms with E-state index in [1.807, 2.05) is 12.1 Å². The van der Waals surface area contributed by atoms with Crippen LogP contribution in [0.1, 0.15) is 6.42 Å². The molecule has 0 bridgehead atoms. The Hall–Kier alpha value is -3.09. The number of piperazine rings is 1. The van der Waals surface area contributed by atoms with Crippen LogP contribution in [0.4, 0.5) is 5.69 Å². The number of thiophene rings is 1. The molecule has 0 atom stereocenters. The van der Waals surface area contributed by atoms with Crippen LogP contribution in [-0.2, 0) is 10.0 Å². The van der Waals surface area contributed by atoms with Gasteiger partial charge >= 0.3 is 0 Å². The highest BCUT2D eigenvalue weighted by Crippen LogP contribution is 2.37. The Labute approximate surface area is 243 Å². The summed E-state index contributed by atoms with van der Waals surface area (Å²) in [6.45, 7) is 5.93. The zero-order valence-corrected chi connectivity index (χ0v) is 24.7. The molecule has 0 unspecified atom stereocenters. The van der Waals surface area contributed by atoms with Crippen molar-refractivity contribution in [3.8, 4) is 23.0 Å². The number of halogens is 1. The fourth-order valence-electron chi connectivity index (χ4n) is 4.43. The lowest BCUT2D eigenvalue weighted by molar-refractivity contribution is 0.145. The monoisotopic (exact) mass is 602 g/mol. The second kappa shape index (κ2) is 12.6. The molecule has 0 amide bonds. The Morgan fingerprint density at radius 3 is 2.60 bits per heavy atom. The van der Waals surface area contributed by atoms with Crippen LogP contribution < -0.4 is 18.9 Å². The van der Waals surface area contributed by atoms with Crippen LogP contribution in [0.2, 0.25) is 4.34 Å². The number of fused-ring (bicyclic) bond motifs is 1. The average Bonchev–Trinajstić information content (AvgIpc) is 3.39. The van der Waals surface area contributed by atoms with E-state index >= 15 is 0 Å². The molecule has 0 aliphatic carbocycles. The molecule has 1 aliphatic heterocycles. The van der Waals surface area contributed by atoms with Gasteiger partial charge < -0.3 is 24.0 Å². The molecule has 4 aromatic rings. The molecule has 2 aromatic heterocycles. The molecule has 1 aliphatic rings. The van der Waals surface area contributed by atoms with E-state index in [9.17, 15) is 8.42 Å². The Morgan fingerprint density at radius 2 is 1.85 bits per heavy atom. The number of rotatable bonds is 11. The minimum absolute atomic E-state index is 0.133. The smallest absolute Gasteiger partial charge is 0.271 e. The number of sulfonamides is 1. The van der Waals surface area contributed by atoms with Crippen molar-refractivity contribution in [2.75, 3.05) is 58.2 Å². The van der Waals surface area contributed by atoms with Gasteiger partial charge in [-0.1, -0.05) is 17.7 Å². The third-order valence-corrected chi connectivity index (χ3v) is 9.69. The molecular weight excluding hydrogens is 572 g/mol. The van der Waals surface area contributed by atoms with Crippen molar-refractivity contribution in [1.29, 1.82) is 0 Å². The van der Waals surface area contributed by atoms with Gasteiger partial charge in [0.05, 0.1) is 29.3 Å². The topological polar surface area (TPSA) is 93.2 Å². The van der Waals surface area contributed by atoms with Crippen LogP contribution in [-0.4, -0.2) is 76.7 Å². The first-order chi connectivity index (χ1) is 19.3. The molecule has 0 saturated carbocycles. The van der Waals surface area contributed by atoms with Crippen LogP contribution in [0.3, 0.4) is 0 Å². The van der Waals surface area contributed by atoms with E-state index < -0.39 is 10.0 Å². The molecule has 3 heterocycles. The van der Waals surface area contributed by atoms with Gasteiger partial charge in [-0.15, -0.1) is 11.3 Å². The summed E-state index contributed by atoms with van der Waals surface area (Å²) in [7, 11) is -0.00778. The van der Waals surface area contributed by atoms with Crippen LogP contribution >= 0.6 is 22.9 Å². The molecule has 1 saturated heterocycles. The number of hydrogen-bond acceptors (Lipinski definition) is 9. The summed E-state index contributed by atoms with van der Waals surface area (Å²) in [5.74, 6) is 2.22. The highest BCUT2D eigenvalue weighted by molar-refractivity contribution is 7.94. The largest absolute Gasteiger partial charge is 0.493 e. The van der Waals surface area contributed by atoms with Crippen molar-refractivity contribution in [1.82, 2.24) is 14.8 Å². The van der Waals surface area contributed by atoms with Crippen molar-refractivity contribution in [3.63, 3.8) is 0 Å². The number of benzene rings is 2. The van der Waals surface area contributed by atoms with Crippen LogP contribution in [0.25, 0.3) is 10.9 Å². The van der Waals surface area contributed by atoms with Gasteiger partial charge in [0.1, 0.15) is 15.7 Å². The second-order valence-electron chi connectivity index (χ2n) is 9.47. The normalized spacial score (nSPS) is 14.8. The first kappa shape index (κ1) is 28.4. The Bertz CT molecular complexity index is 1570. The van der Waals surface area contributed by atoms with Gasteiger partial charge in [-0.25, -0.2) is 8.42 Å². The molecular formula is C28H31ClN4O5S2. The molecule has 1 fully saturated rings. The summed E-state index contributed by atoms with van der Waals surface area (Å²) >= 11 is 6.90. The van der Waals surface area contributed by atoms with Crippen LogP contribution in [0.5, 0.6) is 23.0 Å². The average molecular weight is 603 g/mol. The summed E-state index contributed by atoms with van der Waals surface area (Å²) in [6, 6.07) is 15.2. The number of nitrogens with one attached hydrogen (secondary N) is 1. The molecule has 0 radical (unpaired) electrons. The lowest BCUT2D eigenvalue weighted by Crippen LogP contribution is -2.44. The number of methoxy groups -OCH3 is 1. The van der Waals surface area contributed by atoms with Gasteiger partial charge in [0.15, 0.2) is 11.5 Å². The molecule has 12 heteroatoms. The minimum atomic E-state index is -3.77. The Kier molecular flexibility index (Phi) is 8.97. The highest BCUT2D eigenvalue weighted by atomic mass is 35.5. The van der Waals surface area contributed by atoms with Crippen molar-refractivity contribution >= 4 is 49.6 Å². The van der Waals surface area contributed by atoms with Gasteiger partial charge in [0.2, 0.25) is 0 Å². The third-order valence-electron chi connectivity index (χ3n) is 6.59. The summed E-state index contributed by atoms with van der Waals surface area (Å²) < 4.78 is 46.4.